The number of aromatic nitrogens is 1. The lowest BCUT2D eigenvalue weighted by atomic mass is 9.47. The van der Waals surface area contributed by atoms with Crippen molar-refractivity contribution in [1.29, 1.82) is 0 Å². The molecule has 1 saturated carbocycles. The number of halogens is 1. The number of ether oxygens (including phenoxy) is 2. The number of hydrogen-bond donors (Lipinski definition) is 4. The first kappa shape index (κ1) is 36.8. The van der Waals surface area contributed by atoms with Crippen molar-refractivity contribution in [3.05, 3.63) is 76.2 Å². The Balaban J connectivity index is 1.29. The van der Waals surface area contributed by atoms with E-state index < -0.39 is 51.5 Å². The first-order chi connectivity index (χ1) is 26.2. The second-order valence-electron chi connectivity index (χ2n) is 18.0. The van der Waals surface area contributed by atoms with Gasteiger partial charge in [-0.05, 0) is 111 Å². The maximum atomic E-state index is 15.0. The summed E-state index contributed by atoms with van der Waals surface area (Å²) in [4.78, 5) is 35.6. The molecule has 11 heteroatoms. The number of hydrogen-bond acceptors (Lipinski definition) is 9. The van der Waals surface area contributed by atoms with Crippen molar-refractivity contribution < 1.29 is 33.7 Å². The molecule has 2 saturated heterocycles. The van der Waals surface area contributed by atoms with E-state index in [1.165, 1.54) is 20.1 Å². The zero-order valence-electron chi connectivity index (χ0n) is 32.9. The quantitative estimate of drug-likeness (QED) is 0.204. The third kappa shape index (κ3) is 4.91. The van der Waals surface area contributed by atoms with Crippen LogP contribution in [0.1, 0.15) is 87.7 Å². The largest absolute Gasteiger partial charge is 0.467 e. The number of esters is 2. The number of methoxy groups -OCH3 is 1. The molecule has 10 atom stereocenters. The summed E-state index contributed by atoms with van der Waals surface area (Å²) in [5.74, 6) is -1.47. The van der Waals surface area contributed by atoms with E-state index in [0.29, 0.717) is 45.2 Å². The highest BCUT2D eigenvalue weighted by atomic mass is 19.1. The summed E-state index contributed by atoms with van der Waals surface area (Å²) >= 11 is 0. The summed E-state index contributed by atoms with van der Waals surface area (Å²) in [5, 5.41) is 29.4. The van der Waals surface area contributed by atoms with Crippen molar-refractivity contribution in [2.75, 3.05) is 45.2 Å². The highest BCUT2D eigenvalue weighted by Crippen LogP contribution is 2.66. The third-order valence-corrected chi connectivity index (χ3v) is 15.1. The Morgan fingerprint density at radius 2 is 1.87 bits per heavy atom. The minimum atomic E-state index is -2.20. The van der Waals surface area contributed by atoms with Gasteiger partial charge in [0.15, 0.2) is 6.10 Å². The van der Waals surface area contributed by atoms with Crippen LogP contribution in [0.15, 0.2) is 42.5 Å². The minimum Gasteiger partial charge on any atom is -0.467 e. The summed E-state index contributed by atoms with van der Waals surface area (Å²) < 4.78 is 26.5. The van der Waals surface area contributed by atoms with Gasteiger partial charge in [0.2, 0.25) is 5.60 Å². The van der Waals surface area contributed by atoms with Crippen molar-refractivity contribution in [1.82, 2.24) is 14.8 Å². The van der Waals surface area contributed by atoms with Crippen LogP contribution in [0.25, 0.3) is 10.9 Å². The predicted octanol–water partition coefficient (Wildman–Crippen LogP) is 5.25. The van der Waals surface area contributed by atoms with E-state index in [4.69, 9.17) is 9.47 Å². The Bertz CT molecular complexity index is 2140. The highest BCUT2D eigenvalue weighted by Gasteiger charge is 2.79. The summed E-state index contributed by atoms with van der Waals surface area (Å²) in [7, 11) is 1.28. The summed E-state index contributed by atoms with van der Waals surface area (Å²) in [6.45, 7) is 13.6. The molecule has 294 valence electrons. The second kappa shape index (κ2) is 12.4. The predicted molar refractivity (Wildman–Crippen MR) is 207 cm³/mol. The third-order valence-electron chi connectivity index (χ3n) is 15.1. The van der Waals surface area contributed by atoms with Gasteiger partial charge in [-0.15, -0.1) is 0 Å². The number of nitrogens with one attached hydrogen (secondary N) is 2. The number of rotatable bonds is 5. The summed E-state index contributed by atoms with van der Waals surface area (Å²) in [5.41, 5.74) is 1.96. The Morgan fingerprint density at radius 1 is 1.07 bits per heavy atom. The van der Waals surface area contributed by atoms with Gasteiger partial charge < -0.3 is 30.0 Å². The molecule has 0 radical (unpaired) electrons. The maximum Gasteiger partial charge on any atom is 0.344 e. The van der Waals surface area contributed by atoms with Crippen LogP contribution in [-0.2, 0) is 36.3 Å². The molecule has 5 aliphatic heterocycles. The van der Waals surface area contributed by atoms with Crippen LogP contribution < -0.4 is 5.32 Å². The zero-order valence-corrected chi connectivity index (χ0v) is 32.9. The molecule has 3 aromatic rings. The fourth-order valence-corrected chi connectivity index (χ4v) is 13.0. The van der Waals surface area contributed by atoms with Crippen molar-refractivity contribution in [3.63, 3.8) is 0 Å². The van der Waals surface area contributed by atoms with Crippen LogP contribution in [0.3, 0.4) is 0 Å². The van der Waals surface area contributed by atoms with Gasteiger partial charge in [0.05, 0.1) is 18.8 Å². The maximum absolute atomic E-state index is 15.0. The molecule has 1 aromatic heterocycles. The smallest absolute Gasteiger partial charge is 0.344 e. The normalized spacial score (nSPS) is 38.8. The standard InChI is InChI=1S/C44H55FN4O6/c1-7-41(52)22-27-21-40(5,35-29(12-16-48(23-27)24-41)30-19-28(45)10-11-33(30)46-35)31-20-32-34(18-25(31)3)47-36-43(32)14-17-49-15-9-13-42(8-2,37(43)49)38(55-26(4)50)44(36,53)39(51)54-6/h9-11,13,18-20,27,36-38,46-47,52-53H,7-8,12,14-17,21-24H2,1-6H3/t27-,36?,37+,38-,40-,41+,42-,43+,44?/m1/s1. The van der Waals surface area contributed by atoms with Crippen molar-refractivity contribution in [2.24, 2.45) is 11.3 Å². The molecule has 6 heterocycles. The van der Waals surface area contributed by atoms with Gasteiger partial charge in [0.1, 0.15) is 5.82 Å². The van der Waals surface area contributed by atoms with Gasteiger partial charge >= 0.3 is 11.9 Å². The van der Waals surface area contributed by atoms with E-state index in [2.05, 4.69) is 65.2 Å². The van der Waals surface area contributed by atoms with Crippen LogP contribution in [0.5, 0.6) is 0 Å². The van der Waals surface area contributed by atoms with Crippen LogP contribution >= 0.6 is 0 Å². The molecule has 4 N–H and O–H groups in total. The number of aryl methyl sites for hydroxylation is 1. The molecule has 55 heavy (non-hydrogen) atoms. The van der Waals surface area contributed by atoms with Crippen LogP contribution in [-0.4, -0.2) is 106 Å². The van der Waals surface area contributed by atoms with E-state index in [9.17, 15) is 24.2 Å². The lowest BCUT2D eigenvalue weighted by Crippen LogP contribution is -2.80. The molecule has 1 aliphatic carbocycles. The van der Waals surface area contributed by atoms with Crippen LogP contribution in [0, 0.1) is 24.1 Å². The average Bonchev–Trinajstić information content (AvgIpc) is 3.83. The number of anilines is 1. The molecule has 1 spiro atoms. The average molecular weight is 755 g/mol. The molecular formula is C44H55FN4O6. The molecule has 2 aromatic carbocycles. The van der Waals surface area contributed by atoms with Gasteiger partial charge in [-0.1, -0.05) is 32.1 Å². The number of H-pyrrole nitrogens is 1. The Hall–Kier alpha value is -3.77. The van der Waals surface area contributed by atoms with Gasteiger partial charge in [0.25, 0.3) is 0 Å². The number of nitrogens with zero attached hydrogens (tertiary/aromatic N) is 2. The van der Waals surface area contributed by atoms with Gasteiger partial charge in [-0.3, -0.25) is 14.6 Å². The van der Waals surface area contributed by atoms with Gasteiger partial charge in [-0.25, -0.2) is 9.18 Å². The Kier molecular flexibility index (Phi) is 8.28. The van der Waals surface area contributed by atoms with Crippen molar-refractivity contribution >= 4 is 28.5 Å². The monoisotopic (exact) mass is 754 g/mol. The minimum absolute atomic E-state index is 0.190. The first-order valence-corrected chi connectivity index (χ1v) is 20.2. The van der Waals surface area contributed by atoms with Gasteiger partial charge in [-0.2, -0.15) is 0 Å². The molecule has 3 unspecified atom stereocenters. The molecule has 3 fully saturated rings. The number of piperidine rings is 1. The van der Waals surface area contributed by atoms with Crippen molar-refractivity contribution in [2.45, 2.75) is 113 Å². The second-order valence-corrected chi connectivity index (χ2v) is 18.0. The summed E-state index contributed by atoms with van der Waals surface area (Å²) in [6, 6.07) is 8.48. The first-order valence-electron chi connectivity index (χ1n) is 20.2. The lowest BCUT2D eigenvalue weighted by molar-refractivity contribution is -0.226. The zero-order chi connectivity index (χ0) is 38.9. The number of aromatic amines is 1. The SMILES string of the molecule is CC[C@]1(O)C[C@@H]2CN(CCc3c([nH]c4ccc(F)cc34)[C@@](C)(c3cc4c(cc3C)NC3C(O)(C(=O)OC)[C@H](OC(C)=O)[C@]5(CC)C=CCN6CC[C@]43[C@@H]65)C2)C1. The van der Waals surface area contributed by atoms with E-state index in [1.54, 1.807) is 6.07 Å². The fourth-order valence-electron chi connectivity index (χ4n) is 13.0. The fraction of sp³-hybridized carbons (Fsp3) is 0.591. The van der Waals surface area contributed by atoms with Crippen LogP contribution in [0.4, 0.5) is 10.1 Å². The summed E-state index contributed by atoms with van der Waals surface area (Å²) in [6.07, 6.45) is 7.03. The highest BCUT2D eigenvalue weighted by molar-refractivity contribution is 5.88. The number of aliphatic hydroxyl groups is 2. The van der Waals surface area contributed by atoms with Crippen LogP contribution in [0.2, 0.25) is 0 Å². The molecule has 0 amide bonds. The number of benzene rings is 2. The Morgan fingerprint density at radius 3 is 2.60 bits per heavy atom. The van der Waals surface area contributed by atoms with E-state index in [1.807, 2.05) is 13.0 Å². The molecule has 9 rings (SSSR count). The van der Waals surface area contributed by atoms with E-state index >= 15 is 0 Å². The van der Waals surface area contributed by atoms with E-state index in [-0.39, 0.29) is 17.8 Å². The Labute approximate surface area is 322 Å². The van der Waals surface area contributed by atoms with Crippen molar-refractivity contribution in [3.8, 4) is 0 Å². The molecular weight excluding hydrogens is 700 g/mol. The topological polar surface area (TPSA) is 127 Å². The molecule has 6 aliphatic rings. The van der Waals surface area contributed by atoms with Gasteiger partial charge in [0, 0.05) is 77.7 Å². The lowest BCUT2D eigenvalue weighted by Gasteiger charge is -2.62. The molecule has 10 nitrogen and oxygen atoms in total. The number of carbonyl (C=O) groups excluding carboxylic acids is 2. The van der Waals surface area contributed by atoms with E-state index in [0.717, 1.165) is 70.6 Å². The number of fused-ring (bicyclic) bond motifs is 6. The number of carbonyl (C=O) groups is 2. The molecule has 2 bridgehead atoms.